The normalized spacial score (nSPS) is 25.8. The zero-order chi connectivity index (χ0) is 9.31. The highest BCUT2D eigenvalue weighted by molar-refractivity contribution is 5.80. The van der Waals surface area contributed by atoms with Gasteiger partial charge in [-0.15, -0.1) is 0 Å². The molecule has 4 nitrogen and oxygen atoms in total. The third-order valence-corrected chi connectivity index (χ3v) is 2.81. The second kappa shape index (κ2) is 3.10. The molecule has 0 aromatic heterocycles. The predicted molar refractivity (Wildman–Crippen MR) is 44.7 cm³/mol. The maximum Gasteiger partial charge on any atom is 0.249 e. The number of hydrogen-bond acceptors (Lipinski definition) is 3. The SMILES string of the molecule is O=CCN1OC2(CCCC2)CC1=O. The van der Waals surface area contributed by atoms with Gasteiger partial charge in [-0.25, -0.2) is 5.06 Å². The van der Waals surface area contributed by atoms with Crippen molar-refractivity contribution >= 4 is 12.2 Å². The molecule has 13 heavy (non-hydrogen) atoms. The van der Waals surface area contributed by atoms with Crippen LogP contribution >= 0.6 is 0 Å². The van der Waals surface area contributed by atoms with Crippen LogP contribution in [0.1, 0.15) is 32.1 Å². The first-order chi connectivity index (χ1) is 6.26. The Kier molecular flexibility index (Phi) is 2.07. The second-order valence-electron chi connectivity index (χ2n) is 3.78. The lowest BCUT2D eigenvalue weighted by Gasteiger charge is -2.21. The average molecular weight is 183 g/mol. The maximum absolute atomic E-state index is 11.4. The van der Waals surface area contributed by atoms with E-state index in [-0.39, 0.29) is 18.1 Å². The monoisotopic (exact) mass is 183 g/mol. The summed E-state index contributed by atoms with van der Waals surface area (Å²) in [5.74, 6) is -0.0472. The molecule has 0 atom stereocenters. The molecular formula is C9H13NO3. The molecule has 1 amide bonds. The van der Waals surface area contributed by atoms with Gasteiger partial charge in [0.1, 0.15) is 18.4 Å². The van der Waals surface area contributed by atoms with Crippen LogP contribution in [0.15, 0.2) is 0 Å². The van der Waals surface area contributed by atoms with Gasteiger partial charge in [-0.05, 0) is 12.8 Å². The van der Waals surface area contributed by atoms with Crippen molar-refractivity contribution in [2.24, 2.45) is 0 Å². The van der Waals surface area contributed by atoms with Crippen LogP contribution in [0.5, 0.6) is 0 Å². The molecule has 2 aliphatic rings. The molecule has 1 aliphatic carbocycles. The molecular weight excluding hydrogens is 170 g/mol. The molecule has 2 rings (SSSR count). The van der Waals surface area contributed by atoms with Crippen LogP contribution in [-0.2, 0) is 14.4 Å². The molecule has 0 radical (unpaired) electrons. The smallest absolute Gasteiger partial charge is 0.249 e. The van der Waals surface area contributed by atoms with Gasteiger partial charge in [0.15, 0.2) is 0 Å². The summed E-state index contributed by atoms with van der Waals surface area (Å²) in [6.07, 6.45) is 5.32. The number of aldehydes is 1. The average Bonchev–Trinajstić information content (AvgIpc) is 2.63. The Morgan fingerprint density at radius 1 is 1.46 bits per heavy atom. The van der Waals surface area contributed by atoms with Crippen molar-refractivity contribution in [1.29, 1.82) is 0 Å². The minimum Gasteiger partial charge on any atom is -0.301 e. The van der Waals surface area contributed by atoms with E-state index in [0.29, 0.717) is 12.7 Å². The van der Waals surface area contributed by atoms with Gasteiger partial charge < -0.3 is 4.79 Å². The summed E-state index contributed by atoms with van der Waals surface area (Å²) in [5, 5.41) is 1.21. The van der Waals surface area contributed by atoms with Gasteiger partial charge in [0.2, 0.25) is 5.91 Å². The maximum atomic E-state index is 11.4. The van der Waals surface area contributed by atoms with Crippen LogP contribution < -0.4 is 0 Å². The summed E-state index contributed by atoms with van der Waals surface area (Å²) >= 11 is 0. The highest BCUT2D eigenvalue weighted by Gasteiger charge is 2.46. The topological polar surface area (TPSA) is 46.6 Å². The van der Waals surface area contributed by atoms with E-state index in [1.54, 1.807) is 0 Å². The Labute approximate surface area is 76.8 Å². The van der Waals surface area contributed by atoms with Crippen molar-refractivity contribution in [3.63, 3.8) is 0 Å². The van der Waals surface area contributed by atoms with Gasteiger partial charge in [0, 0.05) is 0 Å². The van der Waals surface area contributed by atoms with Crippen molar-refractivity contribution in [2.45, 2.75) is 37.7 Å². The number of hydroxylamine groups is 2. The molecule has 0 bridgehead atoms. The Morgan fingerprint density at radius 3 is 2.77 bits per heavy atom. The largest absolute Gasteiger partial charge is 0.301 e. The van der Waals surface area contributed by atoms with Gasteiger partial charge in [-0.1, -0.05) is 12.8 Å². The molecule has 0 aromatic rings. The van der Waals surface area contributed by atoms with Crippen LogP contribution in [0.25, 0.3) is 0 Å². The lowest BCUT2D eigenvalue weighted by molar-refractivity contribution is -0.196. The standard InChI is InChI=1S/C9H13NO3/c11-6-5-10-8(12)7-9(13-10)3-1-2-4-9/h6H,1-5,7H2. The Bertz CT molecular complexity index is 233. The van der Waals surface area contributed by atoms with E-state index in [1.807, 2.05) is 0 Å². The Morgan fingerprint density at radius 2 is 2.15 bits per heavy atom. The predicted octanol–water partition coefficient (Wildman–Crippen LogP) is 0.662. The first-order valence-electron chi connectivity index (χ1n) is 4.69. The number of carbonyl (C=O) groups is 2. The lowest BCUT2D eigenvalue weighted by Crippen LogP contribution is -2.29. The third kappa shape index (κ3) is 1.46. The molecule has 1 saturated heterocycles. The summed E-state index contributed by atoms with van der Waals surface area (Å²) in [6.45, 7) is 0.0700. The minimum atomic E-state index is -0.250. The van der Waals surface area contributed by atoms with Gasteiger partial charge in [0.05, 0.1) is 6.42 Å². The first kappa shape index (κ1) is 8.69. The third-order valence-electron chi connectivity index (χ3n) is 2.81. The van der Waals surface area contributed by atoms with Crippen molar-refractivity contribution < 1.29 is 14.4 Å². The quantitative estimate of drug-likeness (QED) is 0.591. The summed E-state index contributed by atoms with van der Waals surface area (Å²) in [4.78, 5) is 27.1. The van der Waals surface area contributed by atoms with Gasteiger partial charge in [-0.3, -0.25) is 9.63 Å². The molecule has 1 spiro atoms. The van der Waals surface area contributed by atoms with Gasteiger partial charge in [0.25, 0.3) is 0 Å². The molecule has 4 heteroatoms. The zero-order valence-electron chi connectivity index (χ0n) is 7.49. The fraction of sp³-hybridized carbons (Fsp3) is 0.778. The van der Waals surface area contributed by atoms with E-state index in [0.717, 1.165) is 25.7 Å². The summed E-state index contributed by atoms with van der Waals surface area (Å²) in [6, 6.07) is 0. The zero-order valence-corrected chi connectivity index (χ0v) is 7.49. The number of amides is 1. The highest BCUT2D eigenvalue weighted by atomic mass is 16.7. The van der Waals surface area contributed by atoms with Crippen LogP contribution in [0.3, 0.4) is 0 Å². The van der Waals surface area contributed by atoms with E-state index in [1.165, 1.54) is 5.06 Å². The van der Waals surface area contributed by atoms with Gasteiger partial charge in [-0.2, -0.15) is 0 Å². The fourth-order valence-electron chi connectivity index (χ4n) is 2.17. The highest BCUT2D eigenvalue weighted by Crippen LogP contribution is 2.40. The summed E-state index contributed by atoms with van der Waals surface area (Å²) < 4.78 is 0. The van der Waals surface area contributed by atoms with E-state index in [2.05, 4.69) is 0 Å². The Balaban J connectivity index is 2.04. The fourth-order valence-corrected chi connectivity index (χ4v) is 2.17. The lowest BCUT2D eigenvalue weighted by atomic mass is 9.99. The molecule has 1 heterocycles. The first-order valence-corrected chi connectivity index (χ1v) is 4.69. The molecule has 1 saturated carbocycles. The molecule has 0 aromatic carbocycles. The number of hydrogen-bond donors (Lipinski definition) is 0. The summed E-state index contributed by atoms with van der Waals surface area (Å²) in [7, 11) is 0. The van der Waals surface area contributed by atoms with Gasteiger partial charge >= 0.3 is 0 Å². The van der Waals surface area contributed by atoms with Crippen molar-refractivity contribution in [2.75, 3.05) is 6.54 Å². The van der Waals surface area contributed by atoms with Crippen LogP contribution in [-0.4, -0.2) is 29.4 Å². The van der Waals surface area contributed by atoms with Crippen LogP contribution in [0, 0.1) is 0 Å². The molecule has 1 aliphatic heterocycles. The van der Waals surface area contributed by atoms with E-state index >= 15 is 0 Å². The second-order valence-corrected chi connectivity index (χ2v) is 3.78. The molecule has 72 valence electrons. The van der Waals surface area contributed by atoms with E-state index < -0.39 is 0 Å². The molecule has 0 unspecified atom stereocenters. The van der Waals surface area contributed by atoms with E-state index in [9.17, 15) is 9.59 Å². The minimum absolute atomic E-state index is 0.0472. The Hall–Kier alpha value is -0.900. The number of carbonyl (C=O) groups excluding carboxylic acids is 2. The van der Waals surface area contributed by atoms with E-state index in [4.69, 9.17) is 4.84 Å². The number of nitrogens with zero attached hydrogens (tertiary/aromatic N) is 1. The van der Waals surface area contributed by atoms with Crippen LogP contribution in [0.2, 0.25) is 0 Å². The molecule has 0 N–H and O–H groups in total. The van der Waals surface area contributed by atoms with Crippen molar-refractivity contribution in [3.05, 3.63) is 0 Å². The molecule has 2 fully saturated rings. The summed E-state index contributed by atoms with van der Waals surface area (Å²) in [5.41, 5.74) is -0.250. The van der Waals surface area contributed by atoms with Crippen molar-refractivity contribution in [1.82, 2.24) is 5.06 Å². The van der Waals surface area contributed by atoms with Crippen LogP contribution in [0.4, 0.5) is 0 Å². The van der Waals surface area contributed by atoms with Crippen molar-refractivity contribution in [3.8, 4) is 0 Å². The number of rotatable bonds is 2.